The summed E-state index contributed by atoms with van der Waals surface area (Å²) in [7, 11) is 0. The molecule has 1 aliphatic heterocycles. The number of amides is 1. The quantitative estimate of drug-likeness (QED) is 0.887. The fraction of sp³-hybridized carbons (Fsp3) is 0.429. The summed E-state index contributed by atoms with van der Waals surface area (Å²) in [5, 5.41) is 8.93. The van der Waals surface area contributed by atoms with Gasteiger partial charge >= 0.3 is 5.97 Å². The highest BCUT2D eigenvalue weighted by Gasteiger charge is 2.19. The van der Waals surface area contributed by atoms with E-state index < -0.39 is 11.9 Å². The number of morpholine rings is 1. The zero-order chi connectivity index (χ0) is 13.8. The number of benzene rings is 1. The van der Waals surface area contributed by atoms with Gasteiger partial charge in [0.2, 0.25) is 5.91 Å². The first kappa shape index (κ1) is 13.5. The molecular weight excluding hydrogens is 246 g/mol. The number of hydrogen-bond donors (Lipinski definition) is 1. The van der Waals surface area contributed by atoms with Crippen molar-refractivity contribution in [2.75, 3.05) is 19.8 Å². The van der Waals surface area contributed by atoms with Crippen LogP contribution >= 0.6 is 0 Å². The van der Waals surface area contributed by atoms with Crippen LogP contribution in [0.1, 0.15) is 24.0 Å². The summed E-state index contributed by atoms with van der Waals surface area (Å²) in [4.78, 5) is 24.2. The van der Waals surface area contributed by atoms with Crippen LogP contribution in [-0.2, 0) is 20.9 Å². The Morgan fingerprint density at radius 1 is 1.42 bits per heavy atom. The smallest absolute Gasteiger partial charge is 0.310 e. The predicted octanol–water partition coefficient (Wildman–Crippen LogP) is 1.23. The predicted molar refractivity (Wildman–Crippen MR) is 68.7 cm³/mol. The molecule has 1 aromatic carbocycles. The van der Waals surface area contributed by atoms with Gasteiger partial charge in [0.15, 0.2) is 0 Å². The first-order valence-corrected chi connectivity index (χ1v) is 6.25. The maximum Gasteiger partial charge on any atom is 0.310 e. The molecule has 2 rings (SSSR count). The molecule has 0 radical (unpaired) electrons. The zero-order valence-corrected chi connectivity index (χ0v) is 10.8. The molecule has 19 heavy (non-hydrogen) atoms. The fourth-order valence-corrected chi connectivity index (χ4v) is 1.99. The minimum Gasteiger partial charge on any atom is -0.481 e. The zero-order valence-electron chi connectivity index (χ0n) is 10.8. The molecule has 1 amide bonds. The summed E-state index contributed by atoms with van der Waals surface area (Å²) < 4.78 is 5.07. The van der Waals surface area contributed by atoms with E-state index in [0.717, 1.165) is 11.1 Å². The lowest BCUT2D eigenvalue weighted by molar-refractivity contribution is -0.143. The third-order valence-corrected chi connectivity index (χ3v) is 3.31. The summed E-state index contributed by atoms with van der Waals surface area (Å²) in [6.07, 6.45) is 0. The maximum absolute atomic E-state index is 11.6. The molecule has 1 aliphatic rings. The molecule has 1 N–H and O–H groups in total. The average molecular weight is 263 g/mol. The molecule has 1 saturated heterocycles. The molecule has 1 atom stereocenters. The van der Waals surface area contributed by atoms with Crippen molar-refractivity contribution in [2.24, 2.45) is 0 Å². The summed E-state index contributed by atoms with van der Waals surface area (Å²) in [5.74, 6) is -1.36. The highest BCUT2D eigenvalue weighted by molar-refractivity contribution is 5.78. The Kier molecular flexibility index (Phi) is 4.16. The van der Waals surface area contributed by atoms with Crippen molar-refractivity contribution in [3.05, 3.63) is 35.4 Å². The number of ether oxygens (including phenoxy) is 1. The van der Waals surface area contributed by atoms with E-state index >= 15 is 0 Å². The number of rotatable bonds is 4. The highest BCUT2D eigenvalue weighted by Crippen LogP contribution is 2.17. The van der Waals surface area contributed by atoms with E-state index in [2.05, 4.69) is 0 Å². The lowest BCUT2D eigenvalue weighted by Gasteiger charge is -2.26. The van der Waals surface area contributed by atoms with Gasteiger partial charge in [0, 0.05) is 13.1 Å². The number of aliphatic carboxylic acids is 1. The minimum atomic E-state index is -0.837. The minimum absolute atomic E-state index is 0.00534. The van der Waals surface area contributed by atoms with Gasteiger partial charge in [0.25, 0.3) is 0 Å². The van der Waals surface area contributed by atoms with E-state index in [-0.39, 0.29) is 12.5 Å². The van der Waals surface area contributed by atoms with E-state index in [0.29, 0.717) is 19.7 Å². The SMILES string of the molecule is CC(C(=O)O)c1ccc(CN2CCOCC2=O)cc1. The van der Waals surface area contributed by atoms with Crippen LogP contribution in [0.5, 0.6) is 0 Å². The molecule has 5 nitrogen and oxygen atoms in total. The topological polar surface area (TPSA) is 66.8 Å². The largest absolute Gasteiger partial charge is 0.481 e. The second-order valence-corrected chi connectivity index (χ2v) is 4.67. The van der Waals surface area contributed by atoms with Gasteiger partial charge < -0.3 is 14.7 Å². The average Bonchev–Trinajstić information content (AvgIpc) is 2.41. The van der Waals surface area contributed by atoms with Crippen molar-refractivity contribution in [3.8, 4) is 0 Å². The Morgan fingerprint density at radius 2 is 2.11 bits per heavy atom. The number of carboxylic acid groups (broad SMARTS) is 1. The van der Waals surface area contributed by atoms with Crippen molar-refractivity contribution in [1.29, 1.82) is 0 Å². The summed E-state index contributed by atoms with van der Waals surface area (Å²) in [6.45, 7) is 3.52. The summed E-state index contributed by atoms with van der Waals surface area (Å²) in [6, 6.07) is 7.35. The lowest BCUT2D eigenvalue weighted by atomic mass is 10.00. The second kappa shape index (κ2) is 5.84. The Morgan fingerprint density at radius 3 is 2.68 bits per heavy atom. The number of nitrogens with zero attached hydrogens (tertiary/aromatic N) is 1. The van der Waals surface area contributed by atoms with Crippen LogP contribution in [0, 0.1) is 0 Å². The van der Waals surface area contributed by atoms with E-state index in [1.807, 2.05) is 12.1 Å². The van der Waals surface area contributed by atoms with Gasteiger partial charge in [-0.25, -0.2) is 0 Å². The molecule has 5 heteroatoms. The Hall–Kier alpha value is -1.88. The van der Waals surface area contributed by atoms with Crippen molar-refractivity contribution >= 4 is 11.9 Å². The van der Waals surface area contributed by atoms with Gasteiger partial charge in [-0.3, -0.25) is 9.59 Å². The molecule has 0 bridgehead atoms. The molecule has 0 spiro atoms. The van der Waals surface area contributed by atoms with E-state index in [9.17, 15) is 9.59 Å². The third-order valence-electron chi connectivity index (χ3n) is 3.31. The normalized spacial score (nSPS) is 17.3. The number of hydrogen-bond acceptors (Lipinski definition) is 3. The van der Waals surface area contributed by atoms with Gasteiger partial charge in [0.1, 0.15) is 6.61 Å². The molecular formula is C14H17NO4. The van der Waals surface area contributed by atoms with E-state index in [1.54, 1.807) is 24.0 Å². The standard InChI is InChI=1S/C14H17NO4/c1-10(14(17)18)12-4-2-11(3-5-12)8-15-6-7-19-9-13(15)16/h2-5,10H,6-9H2,1H3,(H,17,18). The Balaban J connectivity index is 2.02. The molecule has 102 valence electrons. The fourth-order valence-electron chi connectivity index (χ4n) is 1.99. The molecule has 0 saturated carbocycles. The number of carbonyl (C=O) groups excluding carboxylic acids is 1. The monoisotopic (exact) mass is 263 g/mol. The first-order valence-electron chi connectivity index (χ1n) is 6.25. The molecule has 0 aliphatic carbocycles. The lowest BCUT2D eigenvalue weighted by Crippen LogP contribution is -2.40. The van der Waals surface area contributed by atoms with E-state index in [1.165, 1.54) is 0 Å². The van der Waals surface area contributed by atoms with E-state index in [4.69, 9.17) is 9.84 Å². The van der Waals surface area contributed by atoms with Crippen molar-refractivity contribution in [1.82, 2.24) is 4.90 Å². The van der Waals surface area contributed by atoms with Crippen LogP contribution in [0.4, 0.5) is 0 Å². The molecule has 1 aromatic rings. The highest BCUT2D eigenvalue weighted by atomic mass is 16.5. The van der Waals surface area contributed by atoms with Crippen LogP contribution in [0.2, 0.25) is 0 Å². The molecule has 0 aromatic heterocycles. The van der Waals surface area contributed by atoms with Gasteiger partial charge in [-0.2, -0.15) is 0 Å². The van der Waals surface area contributed by atoms with Crippen molar-refractivity contribution in [2.45, 2.75) is 19.4 Å². The van der Waals surface area contributed by atoms with Gasteiger partial charge in [-0.1, -0.05) is 24.3 Å². The van der Waals surface area contributed by atoms with Gasteiger partial charge in [0.05, 0.1) is 12.5 Å². The van der Waals surface area contributed by atoms with Crippen LogP contribution in [-0.4, -0.2) is 41.6 Å². The maximum atomic E-state index is 11.6. The Labute approximate surface area is 111 Å². The number of carbonyl (C=O) groups is 2. The Bertz CT molecular complexity index is 469. The van der Waals surface area contributed by atoms with Crippen molar-refractivity contribution < 1.29 is 19.4 Å². The first-order chi connectivity index (χ1) is 9.08. The summed E-state index contributed by atoms with van der Waals surface area (Å²) in [5.41, 5.74) is 1.76. The van der Waals surface area contributed by atoms with Crippen LogP contribution in [0.15, 0.2) is 24.3 Å². The second-order valence-electron chi connectivity index (χ2n) is 4.67. The number of carboxylic acids is 1. The van der Waals surface area contributed by atoms with Gasteiger partial charge in [-0.05, 0) is 18.1 Å². The van der Waals surface area contributed by atoms with Crippen LogP contribution in [0.25, 0.3) is 0 Å². The van der Waals surface area contributed by atoms with Crippen LogP contribution < -0.4 is 0 Å². The third kappa shape index (κ3) is 3.32. The van der Waals surface area contributed by atoms with Gasteiger partial charge in [-0.15, -0.1) is 0 Å². The molecule has 1 heterocycles. The van der Waals surface area contributed by atoms with Crippen LogP contribution in [0.3, 0.4) is 0 Å². The van der Waals surface area contributed by atoms with Crippen molar-refractivity contribution in [3.63, 3.8) is 0 Å². The molecule has 1 unspecified atom stereocenters. The summed E-state index contributed by atoms with van der Waals surface area (Å²) >= 11 is 0. The molecule has 1 fully saturated rings.